The highest BCUT2D eigenvalue weighted by molar-refractivity contribution is 6.32. The largest absolute Gasteiger partial charge is 0.495 e. The van der Waals surface area contributed by atoms with E-state index in [1.54, 1.807) is 30.5 Å². The summed E-state index contributed by atoms with van der Waals surface area (Å²) in [5, 5.41) is 3.25. The molecule has 0 aliphatic rings. The van der Waals surface area contributed by atoms with Gasteiger partial charge in [-0.15, -0.1) is 0 Å². The first-order valence-corrected chi connectivity index (χ1v) is 8.78. The quantitative estimate of drug-likeness (QED) is 0.745. The third kappa shape index (κ3) is 4.79. The lowest BCUT2D eigenvalue weighted by atomic mass is 10.2. The van der Waals surface area contributed by atoms with Crippen LogP contribution in [0.15, 0.2) is 30.5 Å². The Kier molecular flexibility index (Phi) is 7.09. The Labute approximate surface area is 159 Å². The molecule has 7 heteroatoms. The standard InChI is InChI=1S/C19H24ClN3O3/c1-5-6-9-23(2)18-10-13(7-8-21-18)19(24)22-15-12-16(25-3)14(20)11-17(15)26-4/h7-8,10-12H,5-6,9H2,1-4H3,(H,22,24). The Morgan fingerprint density at radius 2 is 1.96 bits per heavy atom. The van der Waals surface area contributed by atoms with E-state index >= 15 is 0 Å². The summed E-state index contributed by atoms with van der Waals surface area (Å²) >= 11 is 6.10. The van der Waals surface area contributed by atoms with Crippen LogP contribution in [0.5, 0.6) is 11.5 Å². The van der Waals surface area contributed by atoms with Crippen molar-refractivity contribution in [2.45, 2.75) is 19.8 Å². The van der Waals surface area contributed by atoms with E-state index in [2.05, 4.69) is 17.2 Å². The average Bonchev–Trinajstić information content (AvgIpc) is 2.66. The van der Waals surface area contributed by atoms with Gasteiger partial charge in [-0.05, 0) is 18.6 Å². The van der Waals surface area contributed by atoms with Crippen molar-refractivity contribution >= 4 is 29.0 Å². The number of hydrogen-bond acceptors (Lipinski definition) is 5. The van der Waals surface area contributed by atoms with Gasteiger partial charge in [0.25, 0.3) is 5.91 Å². The Morgan fingerprint density at radius 1 is 1.23 bits per heavy atom. The average molecular weight is 378 g/mol. The van der Waals surface area contributed by atoms with E-state index < -0.39 is 0 Å². The number of aromatic nitrogens is 1. The Bertz CT molecular complexity index is 768. The van der Waals surface area contributed by atoms with Crippen molar-refractivity contribution in [3.05, 3.63) is 41.0 Å². The molecule has 1 amide bonds. The van der Waals surface area contributed by atoms with Gasteiger partial charge in [-0.3, -0.25) is 4.79 Å². The molecule has 0 saturated carbocycles. The summed E-state index contributed by atoms with van der Waals surface area (Å²) in [4.78, 5) is 19.0. The minimum atomic E-state index is -0.264. The number of anilines is 2. The molecule has 140 valence electrons. The summed E-state index contributed by atoms with van der Waals surface area (Å²) in [5.74, 6) is 1.41. The van der Waals surface area contributed by atoms with Gasteiger partial charge >= 0.3 is 0 Å². The van der Waals surface area contributed by atoms with E-state index in [-0.39, 0.29) is 5.91 Å². The molecule has 26 heavy (non-hydrogen) atoms. The Morgan fingerprint density at radius 3 is 2.62 bits per heavy atom. The molecule has 0 spiro atoms. The summed E-state index contributed by atoms with van der Waals surface area (Å²) in [6, 6.07) is 6.68. The molecule has 0 aliphatic carbocycles. The fourth-order valence-corrected chi connectivity index (χ4v) is 2.66. The fourth-order valence-electron chi connectivity index (χ4n) is 2.43. The molecule has 0 unspecified atom stereocenters. The first kappa shape index (κ1) is 19.8. The maximum Gasteiger partial charge on any atom is 0.255 e. The topological polar surface area (TPSA) is 63.7 Å². The number of pyridine rings is 1. The molecular weight excluding hydrogens is 354 g/mol. The van der Waals surface area contributed by atoms with Gasteiger partial charge in [0.15, 0.2) is 0 Å². The lowest BCUT2D eigenvalue weighted by Gasteiger charge is -2.18. The van der Waals surface area contributed by atoms with E-state index in [0.29, 0.717) is 27.8 Å². The van der Waals surface area contributed by atoms with Crippen LogP contribution in [0.3, 0.4) is 0 Å². The first-order valence-electron chi connectivity index (χ1n) is 8.40. The van der Waals surface area contributed by atoms with Crippen LogP contribution in [0, 0.1) is 0 Å². The van der Waals surface area contributed by atoms with E-state index in [0.717, 1.165) is 25.2 Å². The molecule has 1 heterocycles. The molecule has 0 aliphatic heterocycles. The number of nitrogens with one attached hydrogen (secondary N) is 1. The normalized spacial score (nSPS) is 10.3. The summed E-state index contributed by atoms with van der Waals surface area (Å²) in [6.45, 7) is 3.02. The number of nitrogens with zero attached hydrogens (tertiary/aromatic N) is 2. The van der Waals surface area contributed by atoms with E-state index in [4.69, 9.17) is 21.1 Å². The number of halogens is 1. The van der Waals surface area contributed by atoms with Crippen molar-refractivity contribution in [3.63, 3.8) is 0 Å². The molecule has 1 N–H and O–H groups in total. The molecule has 1 aromatic carbocycles. The maximum atomic E-state index is 12.7. The second kappa shape index (κ2) is 9.29. The summed E-state index contributed by atoms with van der Waals surface area (Å²) in [6.07, 6.45) is 3.80. The highest BCUT2D eigenvalue weighted by Crippen LogP contribution is 2.36. The number of hydrogen-bond donors (Lipinski definition) is 1. The van der Waals surface area contributed by atoms with Gasteiger partial charge in [0.2, 0.25) is 0 Å². The molecule has 0 bridgehead atoms. The second-order valence-electron chi connectivity index (χ2n) is 5.82. The van der Waals surface area contributed by atoms with Gasteiger partial charge in [-0.2, -0.15) is 0 Å². The fraction of sp³-hybridized carbons (Fsp3) is 0.368. The predicted molar refractivity (Wildman–Crippen MR) is 105 cm³/mol. The molecule has 2 aromatic rings. The van der Waals surface area contributed by atoms with Crippen LogP contribution < -0.4 is 19.7 Å². The van der Waals surface area contributed by atoms with Gasteiger partial charge in [-0.25, -0.2) is 4.98 Å². The van der Waals surface area contributed by atoms with Crippen LogP contribution in [0.25, 0.3) is 0 Å². The van der Waals surface area contributed by atoms with Gasteiger partial charge in [0.1, 0.15) is 17.3 Å². The van der Waals surface area contributed by atoms with Gasteiger partial charge < -0.3 is 19.7 Å². The number of rotatable bonds is 8. The molecule has 0 atom stereocenters. The molecule has 6 nitrogen and oxygen atoms in total. The lowest BCUT2D eigenvalue weighted by molar-refractivity contribution is 0.102. The molecule has 1 aromatic heterocycles. The molecule has 2 rings (SSSR count). The molecular formula is C19H24ClN3O3. The van der Waals surface area contributed by atoms with E-state index in [1.165, 1.54) is 14.2 Å². The second-order valence-corrected chi connectivity index (χ2v) is 6.23. The minimum absolute atomic E-state index is 0.264. The van der Waals surface area contributed by atoms with Crippen molar-refractivity contribution in [3.8, 4) is 11.5 Å². The summed E-state index contributed by atoms with van der Waals surface area (Å²) in [7, 11) is 4.99. The zero-order chi connectivity index (χ0) is 19.1. The highest BCUT2D eigenvalue weighted by Gasteiger charge is 2.15. The lowest BCUT2D eigenvalue weighted by Crippen LogP contribution is -2.20. The molecule has 0 saturated heterocycles. The van der Waals surface area contributed by atoms with Gasteiger partial charge in [0, 0.05) is 37.5 Å². The molecule has 0 radical (unpaired) electrons. The van der Waals surface area contributed by atoms with Crippen molar-refractivity contribution in [1.29, 1.82) is 0 Å². The van der Waals surface area contributed by atoms with Crippen LogP contribution in [0.2, 0.25) is 5.02 Å². The van der Waals surface area contributed by atoms with E-state index in [9.17, 15) is 4.79 Å². The third-order valence-electron chi connectivity index (χ3n) is 3.97. The highest BCUT2D eigenvalue weighted by atomic mass is 35.5. The van der Waals surface area contributed by atoms with Crippen LogP contribution in [0.4, 0.5) is 11.5 Å². The van der Waals surface area contributed by atoms with Crippen LogP contribution in [-0.4, -0.2) is 38.7 Å². The van der Waals surface area contributed by atoms with Crippen molar-refractivity contribution in [2.24, 2.45) is 0 Å². The first-order chi connectivity index (χ1) is 12.5. The zero-order valence-corrected chi connectivity index (χ0v) is 16.3. The smallest absolute Gasteiger partial charge is 0.255 e. The van der Waals surface area contributed by atoms with Crippen LogP contribution in [0.1, 0.15) is 30.1 Å². The van der Waals surface area contributed by atoms with E-state index in [1.807, 2.05) is 11.9 Å². The third-order valence-corrected chi connectivity index (χ3v) is 4.26. The minimum Gasteiger partial charge on any atom is -0.495 e. The number of benzene rings is 1. The number of unbranched alkanes of at least 4 members (excludes halogenated alkanes) is 1. The van der Waals surface area contributed by atoms with Crippen molar-refractivity contribution < 1.29 is 14.3 Å². The number of carbonyl (C=O) groups is 1. The zero-order valence-electron chi connectivity index (χ0n) is 15.5. The number of amides is 1. The van der Waals surface area contributed by atoms with Crippen LogP contribution in [-0.2, 0) is 0 Å². The number of methoxy groups -OCH3 is 2. The van der Waals surface area contributed by atoms with Crippen molar-refractivity contribution in [1.82, 2.24) is 4.98 Å². The maximum absolute atomic E-state index is 12.7. The van der Waals surface area contributed by atoms with Gasteiger partial charge in [0.05, 0.1) is 24.9 Å². The van der Waals surface area contributed by atoms with Gasteiger partial charge in [-0.1, -0.05) is 24.9 Å². The SMILES string of the molecule is CCCCN(C)c1cc(C(=O)Nc2cc(OC)c(Cl)cc2OC)ccn1. The van der Waals surface area contributed by atoms with Crippen LogP contribution >= 0.6 is 11.6 Å². The molecule has 0 fully saturated rings. The Balaban J connectivity index is 2.22. The summed E-state index contributed by atoms with van der Waals surface area (Å²) < 4.78 is 10.5. The summed E-state index contributed by atoms with van der Waals surface area (Å²) in [5.41, 5.74) is 0.991. The Hall–Kier alpha value is -2.47. The number of carbonyl (C=O) groups excluding carboxylic acids is 1. The van der Waals surface area contributed by atoms with Crippen molar-refractivity contribution in [2.75, 3.05) is 38.0 Å². The predicted octanol–water partition coefficient (Wildman–Crippen LogP) is 4.24. The monoisotopic (exact) mass is 377 g/mol. The number of ether oxygens (including phenoxy) is 2.